The Hall–Kier alpha value is -0.500. The molecule has 2 heteroatoms. The largest absolute Gasteiger partial charge is 0.388 e. The van der Waals surface area contributed by atoms with Gasteiger partial charge in [-0.3, -0.25) is 0 Å². The van der Waals surface area contributed by atoms with Gasteiger partial charge in [0.2, 0.25) is 0 Å². The van der Waals surface area contributed by atoms with Gasteiger partial charge in [-0.25, -0.2) is 0 Å². The maximum Gasteiger partial charge on any atom is 0.0269 e. The predicted molar refractivity (Wildman–Crippen MR) is 50.6 cm³/mol. The minimum atomic E-state index is 0.219. The minimum Gasteiger partial charge on any atom is -0.388 e. The van der Waals surface area contributed by atoms with Gasteiger partial charge in [0.15, 0.2) is 0 Å². The number of allylic oxidation sites excluding steroid dienone is 1. The molecule has 0 fully saturated rings. The van der Waals surface area contributed by atoms with Crippen LogP contribution in [0, 0.1) is 0 Å². The van der Waals surface area contributed by atoms with Crippen molar-refractivity contribution >= 4 is 0 Å². The molecule has 0 atom stereocenters. The molecule has 0 bridgehead atoms. The molecule has 0 aromatic rings. The van der Waals surface area contributed by atoms with Crippen molar-refractivity contribution in [3.05, 3.63) is 12.3 Å². The second-order valence-corrected chi connectivity index (χ2v) is 3.88. The highest BCUT2D eigenvalue weighted by atomic mass is 15.0. The molecule has 0 aromatic carbocycles. The minimum absolute atomic E-state index is 0.219. The number of hydrogen-bond donors (Lipinski definition) is 2. The summed E-state index contributed by atoms with van der Waals surface area (Å²) in [6.45, 7) is 14.1. The van der Waals surface area contributed by atoms with Crippen molar-refractivity contribution in [3.8, 4) is 0 Å². The summed E-state index contributed by atoms with van der Waals surface area (Å²) in [6.07, 6.45) is 0. The van der Waals surface area contributed by atoms with Crippen LogP contribution < -0.4 is 10.6 Å². The van der Waals surface area contributed by atoms with E-state index < -0.39 is 0 Å². The zero-order valence-electron chi connectivity index (χ0n) is 8.12. The Morgan fingerprint density at radius 1 is 1.27 bits per heavy atom. The maximum absolute atomic E-state index is 3.75. The van der Waals surface area contributed by atoms with Gasteiger partial charge < -0.3 is 10.6 Å². The topological polar surface area (TPSA) is 24.1 Å². The molecule has 2 N–H and O–H groups in total. The van der Waals surface area contributed by atoms with Crippen LogP contribution in [0.4, 0.5) is 0 Å². The van der Waals surface area contributed by atoms with E-state index in [0.717, 1.165) is 18.8 Å². The zero-order valence-corrected chi connectivity index (χ0v) is 8.12. The van der Waals surface area contributed by atoms with E-state index in [-0.39, 0.29) is 5.54 Å². The van der Waals surface area contributed by atoms with Crippen LogP contribution in [0.5, 0.6) is 0 Å². The van der Waals surface area contributed by atoms with Gasteiger partial charge in [-0.15, -0.1) is 0 Å². The second kappa shape index (κ2) is 4.39. The fraction of sp³-hybridized carbons (Fsp3) is 0.778. The van der Waals surface area contributed by atoms with Crippen LogP contribution >= 0.6 is 0 Å². The van der Waals surface area contributed by atoms with E-state index in [1.54, 1.807) is 0 Å². The molecule has 0 radical (unpaired) electrons. The Labute approximate surface area is 70.1 Å². The molecule has 0 unspecified atom stereocenters. The molecule has 0 rings (SSSR count). The average molecular weight is 156 g/mol. The molecule has 0 aliphatic carbocycles. The zero-order chi connectivity index (χ0) is 8.91. The van der Waals surface area contributed by atoms with E-state index in [0.29, 0.717) is 0 Å². The van der Waals surface area contributed by atoms with Crippen molar-refractivity contribution in [1.82, 2.24) is 10.6 Å². The summed E-state index contributed by atoms with van der Waals surface area (Å²) in [7, 11) is 0. The van der Waals surface area contributed by atoms with Crippen LogP contribution in [-0.4, -0.2) is 18.6 Å². The fourth-order valence-electron chi connectivity index (χ4n) is 0.713. The van der Waals surface area contributed by atoms with Gasteiger partial charge in [0.1, 0.15) is 0 Å². The molecule has 66 valence electrons. The van der Waals surface area contributed by atoms with Crippen LogP contribution in [0.15, 0.2) is 12.3 Å². The van der Waals surface area contributed by atoms with E-state index in [1.165, 1.54) is 0 Å². The lowest BCUT2D eigenvalue weighted by Gasteiger charge is -2.20. The van der Waals surface area contributed by atoms with Crippen LogP contribution in [0.2, 0.25) is 0 Å². The Morgan fingerprint density at radius 2 is 1.82 bits per heavy atom. The van der Waals surface area contributed by atoms with E-state index in [9.17, 15) is 0 Å². The first kappa shape index (κ1) is 10.5. The highest BCUT2D eigenvalue weighted by molar-refractivity contribution is 4.84. The lowest BCUT2D eigenvalue weighted by Crippen LogP contribution is -2.39. The molecule has 0 saturated carbocycles. The molecule has 0 spiro atoms. The summed E-state index contributed by atoms with van der Waals surface area (Å²) in [5.74, 6) is 0. The molecule has 0 saturated heterocycles. The quantitative estimate of drug-likeness (QED) is 0.603. The molecule has 2 nitrogen and oxygen atoms in total. The molecular weight excluding hydrogens is 136 g/mol. The third kappa shape index (κ3) is 9.50. The van der Waals surface area contributed by atoms with E-state index in [2.05, 4.69) is 38.0 Å². The van der Waals surface area contributed by atoms with Crippen LogP contribution in [0.3, 0.4) is 0 Å². The molecule has 0 aromatic heterocycles. The first-order valence-corrected chi connectivity index (χ1v) is 4.06. The van der Waals surface area contributed by atoms with Gasteiger partial charge in [0, 0.05) is 24.3 Å². The lowest BCUT2D eigenvalue weighted by molar-refractivity contribution is 0.426. The van der Waals surface area contributed by atoms with Gasteiger partial charge in [-0.2, -0.15) is 0 Å². The van der Waals surface area contributed by atoms with Crippen molar-refractivity contribution in [2.75, 3.05) is 13.1 Å². The molecule has 11 heavy (non-hydrogen) atoms. The Bertz CT molecular complexity index is 122. The first-order chi connectivity index (χ1) is 4.92. The van der Waals surface area contributed by atoms with E-state index in [4.69, 9.17) is 0 Å². The van der Waals surface area contributed by atoms with Crippen molar-refractivity contribution in [1.29, 1.82) is 0 Å². The van der Waals surface area contributed by atoms with E-state index in [1.807, 2.05) is 6.92 Å². The Balaban J connectivity index is 3.22. The van der Waals surface area contributed by atoms with Crippen molar-refractivity contribution in [2.45, 2.75) is 33.2 Å². The third-order valence-electron chi connectivity index (χ3n) is 1.21. The first-order valence-electron chi connectivity index (χ1n) is 4.06. The highest BCUT2D eigenvalue weighted by Crippen LogP contribution is 1.96. The number of hydrogen-bond acceptors (Lipinski definition) is 2. The molecule has 0 heterocycles. The summed E-state index contributed by atoms with van der Waals surface area (Å²) in [5.41, 5.74) is 1.25. The number of nitrogens with one attached hydrogen (secondary N) is 2. The Morgan fingerprint density at radius 3 is 2.18 bits per heavy atom. The van der Waals surface area contributed by atoms with Gasteiger partial charge in [0.25, 0.3) is 0 Å². The molecular formula is C9H20N2. The highest BCUT2D eigenvalue weighted by Gasteiger charge is 2.06. The molecule has 0 aliphatic heterocycles. The van der Waals surface area contributed by atoms with Crippen molar-refractivity contribution in [3.63, 3.8) is 0 Å². The Kier molecular flexibility index (Phi) is 4.19. The maximum atomic E-state index is 3.75. The standard InChI is InChI=1S/C9H20N2/c1-8(2)10-6-7-11-9(3,4)5/h10-11H,1,6-7H2,2-5H3. The predicted octanol–water partition coefficient (Wildman–Crippen LogP) is 1.50. The second-order valence-electron chi connectivity index (χ2n) is 3.88. The van der Waals surface area contributed by atoms with Gasteiger partial charge >= 0.3 is 0 Å². The third-order valence-corrected chi connectivity index (χ3v) is 1.21. The van der Waals surface area contributed by atoms with Crippen LogP contribution in [0.25, 0.3) is 0 Å². The number of rotatable bonds is 4. The van der Waals surface area contributed by atoms with Crippen molar-refractivity contribution in [2.24, 2.45) is 0 Å². The van der Waals surface area contributed by atoms with Gasteiger partial charge in [0.05, 0.1) is 0 Å². The summed E-state index contributed by atoms with van der Waals surface area (Å²) in [6, 6.07) is 0. The van der Waals surface area contributed by atoms with Crippen LogP contribution in [0.1, 0.15) is 27.7 Å². The van der Waals surface area contributed by atoms with Crippen LogP contribution in [-0.2, 0) is 0 Å². The van der Waals surface area contributed by atoms with Gasteiger partial charge in [-0.05, 0) is 27.7 Å². The monoisotopic (exact) mass is 156 g/mol. The average Bonchev–Trinajstić information content (AvgIpc) is 1.78. The van der Waals surface area contributed by atoms with E-state index >= 15 is 0 Å². The van der Waals surface area contributed by atoms with Crippen molar-refractivity contribution < 1.29 is 0 Å². The summed E-state index contributed by atoms with van der Waals surface area (Å²) in [4.78, 5) is 0. The summed E-state index contributed by atoms with van der Waals surface area (Å²) < 4.78 is 0. The molecule has 0 amide bonds. The smallest absolute Gasteiger partial charge is 0.0269 e. The summed E-state index contributed by atoms with van der Waals surface area (Å²) in [5, 5.41) is 6.53. The SMILES string of the molecule is C=C(C)NCCNC(C)(C)C. The fourth-order valence-corrected chi connectivity index (χ4v) is 0.713. The lowest BCUT2D eigenvalue weighted by atomic mass is 10.1. The van der Waals surface area contributed by atoms with Gasteiger partial charge in [-0.1, -0.05) is 6.58 Å². The normalized spacial score (nSPS) is 11.3. The molecule has 0 aliphatic rings. The summed E-state index contributed by atoms with van der Waals surface area (Å²) >= 11 is 0.